The van der Waals surface area contributed by atoms with Crippen molar-refractivity contribution in [2.45, 2.75) is 64.8 Å². The second-order valence-corrected chi connectivity index (χ2v) is 11.1. The highest BCUT2D eigenvalue weighted by Gasteiger charge is 2.32. The minimum Gasteiger partial charge on any atom is -0.493 e. The summed E-state index contributed by atoms with van der Waals surface area (Å²) in [6, 6.07) is 16.4. The maximum Gasteiger partial charge on any atom is 0.326 e. The number of carbonyl (C=O) groups excluding carboxylic acids is 2. The molecule has 0 aromatic heterocycles. The minimum atomic E-state index is -0.951. The number of carbonyl (C=O) groups is 3. The number of rotatable bonds is 15. The van der Waals surface area contributed by atoms with E-state index < -0.39 is 17.9 Å². The molecule has 0 spiro atoms. The average molecular weight is 697 g/mol. The van der Waals surface area contributed by atoms with Crippen LogP contribution in [0.25, 0.3) is 0 Å². The molecule has 3 aromatic carbocycles. The first kappa shape index (κ1) is 41.0. The second-order valence-electron chi connectivity index (χ2n) is 11.1. The molecule has 4 rings (SSSR count). The van der Waals surface area contributed by atoms with Gasteiger partial charge in [0.05, 0.1) is 42.0 Å². The summed E-state index contributed by atoms with van der Waals surface area (Å²) in [7, 11) is 7.79. The molecular formula is C38H52N2O10. The molecule has 0 aliphatic carbocycles. The lowest BCUT2D eigenvalue weighted by atomic mass is 10.0. The molecule has 12 nitrogen and oxygen atoms in total. The summed E-state index contributed by atoms with van der Waals surface area (Å²) >= 11 is 0. The number of aliphatic carboxylic acids is 1. The van der Waals surface area contributed by atoms with Crippen LogP contribution in [0.2, 0.25) is 0 Å². The van der Waals surface area contributed by atoms with E-state index in [1.165, 1.54) is 31.8 Å². The second kappa shape index (κ2) is 21.8. The van der Waals surface area contributed by atoms with Crippen molar-refractivity contribution in [3.8, 4) is 34.5 Å². The molecule has 0 saturated carbocycles. The van der Waals surface area contributed by atoms with Crippen molar-refractivity contribution in [1.29, 1.82) is 0 Å². The van der Waals surface area contributed by atoms with Gasteiger partial charge in [-0.25, -0.2) is 4.79 Å². The number of nitrogens with two attached hydrogens (primary N) is 1. The summed E-state index contributed by atoms with van der Waals surface area (Å²) < 4.78 is 31.7. The number of carboxylic acids is 1. The first-order valence-corrected chi connectivity index (χ1v) is 16.7. The van der Waals surface area contributed by atoms with Crippen molar-refractivity contribution < 1.29 is 47.9 Å². The van der Waals surface area contributed by atoms with Gasteiger partial charge in [-0.3, -0.25) is 9.59 Å². The molecule has 0 radical (unpaired) electrons. The normalized spacial score (nSPS) is 13.3. The van der Waals surface area contributed by atoms with Gasteiger partial charge in [-0.15, -0.1) is 0 Å². The molecule has 1 fully saturated rings. The quantitative estimate of drug-likeness (QED) is 0.208. The lowest BCUT2D eigenvalue weighted by molar-refractivity contribution is -0.151. The van der Waals surface area contributed by atoms with E-state index in [1.54, 1.807) is 26.4 Å². The fraction of sp³-hybridized carbons (Fsp3) is 0.447. The third-order valence-electron chi connectivity index (χ3n) is 7.85. The number of hydrogen-bond acceptors (Lipinski definition) is 9. The van der Waals surface area contributed by atoms with Gasteiger partial charge >= 0.3 is 5.97 Å². The molecule has 1 aliphatic heterocycles. The summed E-state index contributed by atoms with van der Waals surface area (Å²) in [5, 5.41) is 9.31. The van der Waals surface area contributed by atoms with Gasteiger partial charge in [-0.2, -0.15) is 0 Å². The fourth-order valence-electron chi connectivity index (χ4n) is 5.48. The summed E-state index contributed by atoms with van der Waals surface area (Å²) in [6.45, 7) is 4.37. The van der Waals surface area contributed by atoms with E-state index in [-0.39, 0.29) is 18.9 Å². The molecule has 12 heteroatoms. The van der Waals surface area contributed by atoms with Gasteiger partial charge in [0.1, 0.15) is 11.8 Å². The lowest BCUT2D eigenvalue weighted by Gasteiger charge is -2.33. The van der Waals surface area contributed by atoms with Gasteiger partial charge in [0.25, 0.3) is 5.91 Å². The van der Waals surface area contributed by atoms with Crippen LogP contribution in [-0.2, 0) is 33.6 Å². The van der Waals surface area contributed by atoms with Crippen LogP contribution in [0.3, 0.4) is 0 Å². The maximum atomic E-state index is 12.6. The zero-order valence-corrected chi connectivity index (χ0v) is 30.3. The highest BCUT2D eigenvalue weighted by atomic mass is 16.5. The standard InChI is InChI=1S/C19H23NO4.C17H23NO6.C2H6/c1-22-17-10-9-15(12-18(17)23-2)6-3-5-14-7-4-8-16(11-14)24-13-19(20)21;1-22-13-8-11(9-14(23-2)16(13)24-3)10-15(19)18-7-5-4-6-12(18)17(20)21;1-2/h4,7-12H,3,5-6,13H2,1-2H3,(H2,20,21);8-9,12H,4-7,10H2,1-3H3,(H,20,21);1-2H3/t;12-;/m.0./s1. The number of methoxy groups -OCH3 is 5. The molecule has 1 atom stereocenters. The van der Waals surface area contributed by atoms with Crippen LogP contribution in [0.5, 0.6) is 34.5 Å². The molecule has 1 heterocycles. The Bertz CT molecular complexity index is 1500. The van der Waals surface area contributed by atoms with Gasteiger partial charge in [0.15, 0.2) is 29.6 Å². The summed E-state index contributed by atoms with van der Waals surface area (Å²) in [5.74, 6) is 1.90. The van der Waals surface area contributed by atoms with E-state index in [0.29, 0.717) is 41.5 Å². The van der Waals surface area contributed by atoms with E-state index in [9.17, 15) is 19.5 Å². The Morgan fingerprint density at radius 1 is 0.760 bits per heavy atom. The summed E-state index contributed by atoms with van der Waals surface area (Å²) in [5.41, 5.74) is 8.14. The van der Waals surface area contributed by atoms with Crippen LogP contribution in [0.15, 0.2) is 54.6 Å². The Morgan fingerprint density at radius 3 is 1.92 bits per heavy atom. The number of aryl methyl sites for hydroxylation is 2. The van der Waals surface area contributed by atoms with Crippen molar-refractivity contribution in [2.75, 3.05) is 48.7 Å². The molecule has 1 aliphatic rings. The maximum absolute atomic E-state index is 12.6. The predicted octanol–water partition coefficient (Wildman–Crippen LogP) is 5.49. The lowest BCUT2D eigenvalue weighted by Crippen LogP contribution is -2.48. The number of hydrogen-bond donors (Lipinski definition) is 2. The first-order valence-electron chi connectivity index (χ1n) is 16.7. The Kier molecular flexibility index (Phi) is 17.9. The number of likely N-dealkylation sites (tertiary alicyclic amines) is 1. The van der Waals surface area contributed by atoms with Crippen molar-refractivity contribution >= 4 is 17.8 Å². The topological polar surface area (TPSA) is 156 Å². The zero-order valence-electron chi connectivity index (χ0n) is 30.3. The molecule has 0 bridgehead atoms. The first-order chi connectivity index (χ1) is 24.1. The number of nitrogens with zero attached hydrogens (tertiary/aromatic N) is 1. The van der Waals surface area contributed by atoms with Crippen LogP contribution in [0, 0.1) is 0 Å². The van der Waals surface area contributed by atoms with Crippen LogP contribution < -0.4 is 34.2 Å². The number of benzene rings is 3. The van der Waals surface area contributed by atoms with E-state index in [2.05, 4.69) is 0 Å². The SMILES string of the molecule is CC.COc1cc(CC(=O)N2CCCC[C@H]2C(=O)O)cc(OC)c1OC.COc1ccc(CCCc2cccc(OCC(N)=O)c2)cc1OC. The van der Waals surface area contributed by atoms with E-state index >= 15 is 0 Å². The summed E-state index contributed by atoms with van der Waals surface area (Å²) in [4.78, 5) is 36.2. The van der Waals surface area contributed by atoms with Crippen LogP contribution >= 0.6 is 0 Å². The number of ether oxygens (including phenoxy) is 6. The third-order valence-corrected chi connectivity index (χ3v) is 7.85. The number of carboxylic acid groups (broad SMARTS) is 1. The highest BCUT2D eigenvalue weighted by molar-refractivity contribution is 5.85. The summed E-state index contributed by atoms with van der Waals surface area (Å²) in [6.07, 6.45) is 5.08. The third kappa shape index (κ3) is 12.4. The van der Waals surface area contributed by atoms with Crippen LogP contribution in [0.4, 0.5) is 0 Å². The van der Waals surface area contributed by atoms with Gasteiger partial charge in [0.2, 0.25) is 11.7 Å². The monoisotopic (exact) mass is 696 g/mol. The van der Waals surface area contributed by atoms with E-state index in [4.69, 9.17) is 34.2 Å². The number of piperidine rings is 1. The van der Waals surface area contributed by atoms with Crippen molar-refractivity contribution in [2.24, 2.45) is 5.73 Å². The van der Waals surface area contributed by atoms with Crippen molar-refractivity contribution in [3.05, 3.63) is 71.3 Å². The molecule has 3 aromatic rings. The Morgan fingerprint density at radius 2 is 1.36 bits per heavy atom. The largest absolute Gasteiger partial charge is 0.493 e. The van der Waals surface area contributed by atoms with Gasteiger partial charge in [-0.05, 0) is 91.6 Å². The molecular weight excluding hydrogens is 644 g/mol. The molecule has 1 saturated heterocycles. The molecule has 274 valence electrons. The van der Waals surface area contributed by atoms with E-state index in [1.807, 2.05) is 56.3 Å². The number of primary amides is 1. The highest BCUT2D eigenvalue weighted by Crippen LogP contribution is 2.38. The Labute approximate surface area is 295 Å². The molecule has 3 N–H and O–H groups in total. The average Bonchev–Trinajstić information content (AvgIpc) is 3.14. The smallest absolute Gasteiger partial charge is 0.326 e. The van der Waals surface area contributed by atoms with Crippen LogP contribution in [-0.4, -0.2) is 82.5 Å². The van der Waals surface area contributed by atoms with Crippen molar-refractivity contribution in [3.63, 3.8) is 0 Å². The van der Waals surface area contributed by atoms with Gasteiger partial charge < -0.3 is 44.2 Å². The molecule has 0 unspecified atom stereocenters. The van der Waals surface area contributed by atoms with Gasteiger partial charge in [0, 0.05) is 6.54 Å². The Balaban J connectivity index is 0.000000330. The van der Waals surface area contributed by atoms with E-state index in [0.717, 1.165) is 49.2 Å². The number of amides is 2. The predicted molar refractivity (Wildman–Crippen MR) is 191 cm³/mol. The Hall–Kier alpha value is -5.13. The van der Waals surface area contributed by atoms with Crippen LogP contribution in [0.1, 0.15) is 56.2 Å². The zero-order chi connectivity index (χ0) is 37.1. The molecule has 50 heavy (non-hydrogen) atoms. The minimum absolute atomic E-state index is 0.0838. The van der Waals surface area contributed by atoms with Crippen molar-refractivity contribution in [1.82, 2.24) is 4.90 Å². The fourth-order valence-corrected chi connectivity index (χ4v) is 5.48. The van der Waals surface area contributed by atoms with Gasteiger partial charge in [-0.1, -0.05) is 32.0 Å². The molecule has 2 amide bonds.